The number of thiophene rings is 1. The van der Waals surface area contributed by atoms with E-state index in [0.717, 1.165) is 28.5 Å². The fourth-order valence-electron chi connectivity index (χ4n) is 3.06. The molecule has 0 saturated carbocycles. The van der Waals surface area contributed by atoms with Gasteiger partial charge in [-0.15, -0.1) is 22.7 Å². The minimum atomic E-state index is -0.0374. The van der Waals surface area contributed by atoms with E-state index in [2.05, 4.69) is 33.5 Å². The van der Waals surface area contributed by atoms with Crippen molar-refractivity contribution in [2.24, 2.45) is 0 Å². The standard InChI is InChI=1S/C20H19N3O2S2/c1-25-18-7-3-2-5-15(18)12-22(14-17-6-4-9-26-17)13-16-11-19(24)23-8-10-27-20(23)21-16/h2-11H,12-14H2,1H3. The summed E-state index contributed by atoms with van der Waals surface area (Å²) in [5, 5.41) is 3.96. The van der Waals surface area contributed by atoms with Crippen LogP contribution in [0.25, 0.3) is 4.96 Å². The maximum atomic E-state index is 12.3. The number of thiazole rings is 1. The molecular weight excluding hydrogens is 378 g/mol. The Kier molecular flexibility index (Phi) is 5.33. The third kappa shape index (κ3) is 4.10. The smallest absolute Gasteiger partial charge is 0.258 e. The molecule has 5 nitrogen and oxygen atoms in total. The molecule has 4 rings (SSSR count). The molecule has 0 amide bonds. The van der Waals surface area contributed by atoms with E-state index in [4.69, 9.17) is 4.74 Å². The van der Waals surface area contributed by atoms with Gasteiger partial charge >= 0.3 is 0 Å². The predicted octanol–water partition coefficient (Wildman–Crippen LogP) is 4.03. The molecule has 0 spiro atoms. The van der Waals surface area contributed by atoms with E-state index in [0.29, 0.717) is 13.1 Å². The van der Waals surface area contributed by atoms with Crippen molar-refractivity contribution in [2.45, 2.75) is 19.6 Å². The lowest BCUT2D eigenvalue weighted by atomic mass is 10.1. The lowest BCUT2D eigenvalue weighted by molar-refractivity contribution is 0.243. The van der Waals surface area contributed by atoms with Gasteiger partial charge in [0.25, 0.3) is 5.56 Å². The first kappa shape index (κ1) is 17.9. The van der Waals surface area contributed by atoms with Gasteiger partial charge < -0.3 is 4.74 Å². The molecule has 1 aromatic carbocycles. The molecule has 0 aliphatic heterocycles. The average molecular weight is 398 g/mol. The third-order valence-corrected chi connectivity index (χ3v) is 5.91. The number of aromatic nitrogens is 2. The normalized spacial score (nSPS) is 11.3. The Morgan fingerprint density at radius 2 is 1.96 bits per heavy atom. The summed E-state index contributed by atoms with van der Waals surface area (Å²) < 4.78 is 7.09. The topological polar surface area (TPSA) is 46.8 Å². The van der Waals surface area contributed by atoms with E-state index in [-0.39, 0.29) is 5.56 Å². The molecule has 0 bridgehead atoms. The molecule has 7 heteroatoms. The Hall–Kier alpha value is -2.48. The number of fused-ring (bicyclic) bond motifs is 1. The van der Waals surface area contributed by atoms with Gasteiger partial charge in [0.15, 0.2) is 4.96 Å². The van der Waals surface area contributed by atoms with E-state index in [1.807, 2.05) is 23.6 Å². The van der Waals surface area contributed by atoms with Gasteiger partial charge in [0, 0.05) is 47.7 Å². The van der Waals surface area contributed by atoms with Gasteiger partial charge in [-0.05, 0) is 17.5 Å². The van der Waals surface area contributed by atoms with Gasteiger partial charge in [-0.2, -0.15) is 0 Å². The number of ether oxygens (including phenoxy) is 1. The van der Waals surface area contributed by atoms with Crippen LogP contribution in [-0.2, 0) is 19.6 Å². The minimum Gasteiger partial charge on any atom is -0.496 e. The molecule has 0 aliphatic rings. The summed E-state index contributed by atoms with van der Waals surface area (Å²) in [7, 11) is 1.69. The van der Waals surface area contributed by atoms with Gasteiger partial charge in [0.05, 0.1) is 12.8 Å². The van der Waals surface area contributed by atoms with Crippen LogP contribution in [0.4, 0.5) is 0 Å². The maximum absolute atomic E-state index is 12.3. The molecule has 0 atom stereocenters. The first-order chi connectivity index (χ1) is 13.2. The number of methoxy groups -OCH3 is 1. The van der Waals surface area contributed by atoms with E-state index in [9.17, 15) is 4.79 Å². The average Bonchev–Trinajstić information content (AvgIpc) is 3.34. The lowest BCUT2D eigenvalue weighted by Crippen LogP contribution is -2.24. The van der Waals surface area contributed by atoms with E-state index >= 15 is 0 Å². The largest absolute Gasteiger partial charge is 0.496 e. The van der Waals surface area contributed by atoms with Gasteiger partial charge in [-0.25, -0.2) is 4.98 Å². The molecule has 3 aromatic heterocycles. The number of benzene rings is 1. The highest BCUT2D eigenvalue weighted by molar-refractivity contribution is 7.15. The molecular formula is C20H19N3O2S2. The fourth-order valence-corrected chi connectivity index (χ4v) is 4.55. The highest BCUT2D eigenvalue weighted by Gasteiger charge is 2.14. The SMILES string of the molecule is COc1ccccc1CN(Cc1cc(=O)n2ccsc2n1)Cc1cccs1. The Morgan fingerprint density at radius 3 is 2.78 bits per heavy atom. The van der Waals surface area contributed by atoms with Crippen molar-refractivity contribution in [1.29, 1.82) is 0 Å². The van der Waals surface area contributed by atoms with Crippen molar-refractivity contribution in [2.75, 3.05) is 7.11 Å². The molecule has 0 N–H and O–H groups in total. The van der Waals surface area contributed by atoms with Crippen LogP contribution >= 0.6 is 22.7 Å². The monoisotopic (exact) mass is 397 g/mol. The Bertz CT molecular complexity index is 1090. The van der Waals surface area contributed by atoms with E-state index in [1.54, 1.807) is 35.1 Å². The number of para-hydroxylation sites is 1. The van der Waals surface area contributed by atoms with Crippen LogP contribution in [0.1, 0.15) is 16.1 Å². The van der Waals surface area contributed by atoms with Gasteiger partial charge in [0.1, 0.15) is 5.75 Å². The first-order valence-electron chi connectivity index (χ1n) is 8.55. The van der Waals surface area contributed by atoms with Gasteiger partial charge in [0.2, 0.25) is 0 Å². The van der Waals surface area contributed by atoms with Crippen molar-refractivity contribution in [3.05, 3.63) is 85.9 Å². The van der Waals surface area contributed by atoms with Crippen LogP contribution in [0.15, 0.2) is 64.2 Å². The highest BCUT2D eigenvalue weighted by atomic mass is 32.1. The highest BCUT2D eigenvalue weighted by Crippen LogP contribution is 2.22. The number of rotatable bonds is 7. The zero-order valence-electron chi connectivity index (χ0n) is 14.9. The molecule has 0 saturated heterocycles. The van der Waals surface area contributed by atoms with Gasteiger partial charge in [-0.1, -0.05) is 24.3 Å². The molecule has 27 heavy (non-hydrogen) atoms. The van der Waals surface area contributed by atoms with Crippen molar-refractivity contribution < 1.29 is 4.74 Å². The second-order valence-electron chi connectivity index (χ2n) is 6.18. The molecule has 0 unspecified atom stereocenters. The Morgan fingerprint density at radius 1 is 1.07 bits per heavy atom. The van der Waals surface area contributed by atoms with Crippen LogP contribution in [0, 0.1) is 0 Å². The molecule has 0 fully saturated rings. The lowest BCUT2D eigenvalue weighted by Gasteiger charge is -2.22. The van der Waals surface area contributed by atoms with Crippen molar-refractivity contribution >= 4 is 27.6 Å². The number of nitrogens with zero attached hydrogens (tertiary/aromatic N) is 3. The van der Waals surface area contributed by atoms with Crippen molar-refractivity contribution in [3.63, 3.8) is 0 Å². The summed E-state index contributed by atoms with van der Waals surface area (Å²) in [6.07, 6.45) is 1.76. The van der Waals surface area contributed by atoms with Crippen LogP contribution < -0.4 is 10.3 Å². The van der Waals surface area contributed by atoms with Crippen molar-refractivity contribution in [1.82, 2.24) is 14.3 Å². The van der Waals surface area contributed by atoms with Crippen LogP contribution in [-0.4, -0.2) is 21.4 Å². The predicted molar refractivity (Wildman–Crippen MR) is 110 cm³/mol. The van der Waals surface area contributed by atoms with Gasteiger partial charge in [-0.3, -0.25) is 14.1 Å². The van der Waals surface area contributed by atoms with E-state index < -0.39 is 0 Å². The Labute approximate surface area is 165 Å². The van der Waals surface area contributed by atoms with Crippen LogP contribution in [0.3, 0.4) is 0 Å². The minimum absolute atomic E-state index is 0.0374. The third-order valence-electron chi connectivity index (χ3n) is 4.29. The molecule has 0 radical (unpaired) electrons. The summed E-state index contributed by atoms with van der Waals surface area (Å²) in [6, 6.07) is 13.9. The summed E-state index contributed by atoms with van der Waals surface area (Å²) >= 11 is 3.21. The first-order valence-corrected chi connectivity index (χ1v) is 10.3. The zero-order valence-corrected chi connectivity index (χ0v) is 16.5. The van der Waals surface area contributed by atoms with E-state index in [1.165, 1.54) is 16.2 Å². The molecule has 3 heterocycles. The zero-order chi connectivity index (χ0) is 18.6. The molecule has 0 aliphatic carbocycles. The molecule has 138 valence electrons. The van der Waals surface area contributed by atoms with Crippen LogP contribution in [0.5, 0.6) is 5.75 Å². The number of hydrogen-bond acceptors (Lipinski definition) is 6. The quantitative estimate of drug-likeness (QED) is 0.472. The number of hydrogen-bond donors (Lipinski definition) is 0. The Balaban J connectivity index is 1.63. The van der Waals surface area contributed by atoms with Crippen molar-refractivity contribution in [3.8, 4) is 5.75 Å². The second kappa shape index (κ2) is 8.04. The van der Waals surface area contributed by atoms with Crippen LogP contribution in [0.2, 0.25) is 0 Å². The summed E-state index contributed by atoms with van der Waals surface area (Å²) in [6.45, 7) is 2.11. The summed E-state index contributed by atoms with van der Waals surface area (Å²) in [5.74, 6) is 0.871. The summed E-state index contributed by atoms with van der Waals surface area (Å²) in [4.78, 5) is 21.3. The summed E-state index contributed by atoms with van der Waals surface area (Å²) in [5.41, 5.74) is 1.86. The fraction of sp³-hybridized carbons (Fsp3) is 0.200. The molecule has 4 aromatic rings. The maximum Gasteiger partial charge on any atom is 0.258 e. The second-order valence-corrected chi connectivity index (χ2v) is 8.08.